The Labute approximate surface area is 104 Å². The Morgan fingerprint density at radius 3 is 2.60 bits per heavy atom. The molecule has 2 rings (SSSR count). The Bertz CT molecular complexity index is 557. The van der Waals surface area contributed by atoms with Crippen molar-refractivity contribution in [1.29, 1.82) is 0 Å². The Balaban J connectivity index is 2.98. The van der Waals surface area contributed by atoms with Gasteiger partial charge in [-0.3, -0.25) is 0 Å². The summed E-state index contributed by atoms with van der Waals surface area (Å²) in [4.78, 5) is 4.06. The molecule has 0 aliphatic rings. The van der Waals surface area contributed by atoms with Crippen LogP contribution < -0.4 is 0 Å². The highest BCUT2D eigenvalue weighted by Crippen LogP contribution is 2.34. The number of halogens is 4. The van der Waals surface area contributed by atoms with Gasteiger partial charge in [-0.1, -0.05) is 39.1 Å². The second-order valence-corrected chi connectivity index (χ2v) is 4.78. The van der Waals surface area contributed by atoms with Gasteiger partial charge < -0.3 is 0 Å². The van der Waals surface area contributed by atoms with E-state index in [1.54, 1.807) is 13.0 Å². The van der Waals surface area contributed by atoms with E-state index in [9.17, 15) is 4.39 Å². The van der Waals surface area contributed by atoms with E-state index in [4.69, 9.17) is 23.2 Å². The van der Waals surface area contributed by atoms with Gasteiger partial charge in [-0.15, -0.1) is 0 Å². The number of pyridine rings is 1. The van der Waals surface area contributed by atoms with Crippen LogP contribution in [0.3, 0.4) is 0 Å². The van der Waals surface area contributed by atoms with Crippen molar-refractivity contribution >= 4 is 50.0 Å². The molecule has 0 N–H and O–H groups in total. The van der Waals surface area contributed by atoms with Crippen LogP contribution in [0.1, 0.15) is 5.69 Å². The zero-order chi connectivity index (χ0) is 11.2. The van der Waals surface area contributed by atoms with Gasteiger partial charge in [-0.2, -0.15) is 0 Å². The fourth-order valence-electron chi connectivity index (χ4n) is 1.34. The molecule has 5 heteroatoms. The largest absolute Gasteiger partial charge is 0.248 e. The summed E-state index contributed by atoms with van der Waals surface area (Å²) in [5.74, 6) is -0.416. The number of fused-ring (bicyclic) bond motifs is 1. The van der Waals surface area contributed by atoms with Crippen molar-refractivity contribution in [2.24, 2.45) is 0 Å². The predicted molar refractivity (Wildman–Crippen MR) is 64.2 cm³/mol. The summed E-state index contributed by atoms with van der Waals surface area (Å²) in [5, 5.41) is 1.21. The van der Waals surface area contributed by atoms with Crippen LogP contribution in [0.4, 0.5) is 4.39 Å². The highest BCUT2D eigenvalue weighted by Gasteiger charge is 2.12. The van der Waals surface area contributed by atoms with Gasteiger partial charge in [0, 0.05) is 9.86 Å². The molecule has 0 spiro atoms. The SMILES string of the molecule is Cc1nc2c(F)cc(Br)cc2c(Cl)c1Cl. The average molecular weight is 309 g/mol. The van der Waals surface area contributed by atoms with E-state index >= 15 is 0 Å². The molecule has 0 atom stereocenters. The van der Waals surface area contributed by atoms with Gasteiger partial charge in [0.15, 0.2) is 5.82 Å². The highest BCUT2D eigenvalue weighted by molar-refractivity contribution is 9.10. The van der Waals surface area contributed by atoms with Crippen LogP contribution in [-0.4, -0.2) is 4.98 Å². The number of hydrogen-bond donors (Lipinski definition) is 0. The first kappa shape index (κ1) is 11.1. The second kappa shape index (κ2) is 3.89. The Kier molecular flexibility index (Phi) is 2.88. The molecule has 0 saturated carbocycles. The Hall–Kier alpha value is -0.380. The Morgan fingerprint density at radius 2 is 1.93 bits per heavy atom. The summed E-state index contributed by atoms with van der Waals surface area (Å²) in [7, 11) is 0. The maximum atomic E-state index is 13.5. The number of benzene rings is 1. The number of aromatic nitrogens is 1. The third-order valence-corrected chi connectivity index (χ3v) is 3.46. The normalized spacial score (nSPS) is 11.0. The van der Waals surface area contributed by atoms with Crippen molar-refractivity contribution in [3.63, 3.8) is 0 Å². The molecule has 0 fully saturated rings. The number of hydrogen-bond acceptors (Lipinski definition) is 1. The van der Waals surface area contributed by atoms with Crippen LogP contribution in [0.2, 0.25) is 10.0 Å². The van der Waals surface area contributed by atoms with E-state index in [1.807, 2.05) is 0 Å². The van der Waals surface area contributed by atoms with Crippen molar-refractivity contribution in [1.82, 2.24) is 4.98 Å². The molecule has 15 heavy (non-hydrogen) atoms. The molecular weight excluding hydrogens is 304 g/mol. The average Bonchev–Trinajstić information content (AvgIpc) is 2.17. The van der Waals surface area contributed by atoms with Crippen LogP contribution in [0, 0.1) is 12.7 Å². The van der Waals surface area contributed by atoms with Crippen molar-refractivity contribution in [2.45, 2.75) is 6.92 Å². The molecule has 0 unspecified atom stereocenters. The van der Waals surface area contributed by atoms with Crippen LogP contribution in [0.15, 0.2) is 16.6 Å². The lowest BCUT2D eigenvalue weighted by Crippen LogP contribution is -1.91. The highest BCUT2D eigenvalue weighted by atomic mass is 79.9. The minimum Gasteiger partial charge on any atom is -0.248 e. The van der Waals surface area contributed by atoms with E-state index in [2.05, 4.69) is 20.9 Å². The first-order valence-corrected chi connectivity index (χ1v) is 5.66. The van der Waals surface area contributed by atoms with Gasteiger partial charge in [0.2, 0.25) is 0 Å². The molecule has 1 aromatic carbocycles. The van der Waals surface area contributed by atoms with Gasteiger partial charge in [0.25, 0.3) is 0 Å². The van der Waals surface area contributed by atoms with E-state index in [0.29, 0.717) is 25.6 Å². The zero-order valence-corrected chi connectivity index (χ0v) is 10.7. The molecule has 2 aromatic rings. The zero-order valence-electron chi connectivity index (χ0n) is 7.61. The third kappa shape index (κ3) is 1.84. The molecule has 0 saturated heterocycles. The summed E-state index contributed by atoms with van der Waals surface area (Å²) in [6.45, 7) is 1.69. The second-order valence-electron chi connectivity index (χ2n) is 3.11. The Morgan fingerprint density at radius 1 is 1.27 bits per heavy atom. The van der Waals surface area contributed by atoms with Crippen molar-refractivity contribution in [2.75, 3.05) is 0 Å². The quantitative estimate of drug-likeness (QED) is 0.684. The van der Waals surface area contributed by atoms with Gasteiger partial charge in [0.1, 0.15) is 5.52 Å². The molecule has 0 bridgehead atoms. The molecule has 0 aliphatic carbocycles. The molecule has 0 aliphatic heterocycles. The summed E-state index contributed by atoms with van der Waals surface area (Å²) in [6, 6.07) is 3.04. The summed E-state index contributed by atoms with van der Waals surface area (Å²) < 4.78 is 14.2. The summed E-state index contributed by atoms with van der Waals surface area (Å²) >= 11 is 15.1. The number of rotatable bonds is 0. The van der Waals surface area contributed by atoms with E-state index < -0.39 is 5.82 Å². The molecule has 78 valence electrons. The lowest BCUT2D eigenvalue weighted by Gasteiger charge is -2.06. The van der Waals surface area contributed by atoms with Gasteiger partial charge in [-0.05, 0) is 19.1 Å². The maximum Gasteiger partial charge on any atom is 0.150 e. The van der Waals surface area contributed by atoms with Gasteiger partial charge in [-0.25, -0.2) is 9.37 Å². The van der Waals surface area contributed by atoms with Crippen LogP contribution in [0.25, 0.3) is 10.9 Å². The van der Waals surface area contributed by atoms with Crippen LogP contribution in [0.5, 0.6) is 0 Å². The molecule has 1 aromatic heterocycles. The monoisotopic (exact) mass is 307 g/mol. The van der Waals surface area contributed by atoms with E-state index in [1.165, 1.54) is 6.07 Å². The molecular formula is C10H5BrCl2FN. The fourth-order valence-corrected chi connectivity index (χ4v) is 2.20. The first-order valence-electron chi connectivity index (χ1n) is 4.11. The molecule has 1 heterocycles. The van der Waals surface area contributed by atoms with Crippen LogP contribution in [-0.2, 0) is 0 Å². The number of aryl methyl sites for hydroxylation is 1. The van der Waals surface area contributed by atoms with E-state index in [-0.39, 0.29) is 5.52 Å². The topological polar surface area (TPSA) is 12.9 Å². The number of nitrogens with zero attached hydrogens (tertiary/aromatic N) is 1. The van der Waals surface area contributed by atoms with Crippen molar-refractivity contribution in [3.8, 4) is 0 Å². The molecule has 0 amide bonds. The predicted octanol–water partition coefficient (Wildman–Crippen LogP) is 4.75. The maximum absolute atomic E-state index is 13.5. The van der Waals surface area contributed by atoms with Gasteiger partial charge >= 0.3 is 0 Å². The lowest BCUT2D eigenvalue weighted by atomic mass is 10.2. The van der Waals surface area contributed by atoms with Crippen LogP contribution >= 0.6 is 39.1 Å². The standard InChI is InChI=1S/C10H5BrCl2FN/c1-4-8(12)9(13)6-2-5(11)3-7(14)10(6)15-4/h2-3H,1H3. The minimum absolute atomic E-state index is 0.241. The molecule has 1 nitrogen and oxygen atoms in total. The molecule has 0 radical (unpaired) electrons. The summed E-state index contributed by atoms with van der Waals surface area (Å²) in [6.07, 6.45) is 0. The lowest BCUT2D eigenvalue weighted by molar-refractivity contribution is 0.635. The smallest absolute Gasteiger partial charge is 0.150 e. The fraction of sp³-hybridized carbons (Fsp3) is 0.100. The minimum atomic E-state index is -0.416. The third-order valence-electron chi connectivity index (χ3n) is 2.05. The van der Waals surface area contributed by atoms with E-state index in [0.717, 1.165) is 0 Å². The summed E-state index contributed by atoms with van der Waals surface area (Å²) in [5.41, 5.74) is 0.764. The van der Waals surface area contributed by atoms with Crippen molar-refractivity contribution in [3.05, 3.63) is 38.2 Å². The van der Waals surface area contributed by atoms with Gasteiger partial charge in [0.05, 0.1) is 15.7 Å². The first-order chi connectivity index (χ1) is 7.00. The van der Waals surface area contributed by atoms with Crippen molar-refractivity contribution < 1.29 is 4.39 Å².